The van der Waals surface area contributed by atoms with E-state index in [9.17, 15) is 9.90 Å². The van der Waals surface area contributed by atoms with Crippen LogP contribution < -0.4 is 4.74 Å². The number of ether oxygens (including phenoxy) is 1. The second-order valence-corrected chi connectivity index (χ2v) is 5.72. The molecule has 0 aliphatic carbocycles. The molecule has 0 radical (unpaired) electrons. The molecule has 2 aromatic rings. The third kappa shape index (κ3) is 3.81. The number of nitrogens with zero attached hydrogens (tertiary/aromatic N) is 2. The summed E-state index contributed by atoms with van der Waals surface area (Å²) in [6.07, 6.45) is 0.175. The summed E-state index contributed by atoms with van der Waals surface area (Å²) in [4.78, 5) is 12.3. The first kappa shape index (κ1) is 16.2. The lowest BCUT2D eigenvalue weighted by atomic mass is 10.1. The van der Waals surface area contributed by atoms with Gasteiger partial charge in [-0.25, -0.2) is 5.01 Å². The molecule has 0 fully saturated rings. The number of hydrogen-bond acceptors (Lipinski definition) is 4. The maximum Gasteiger partial charge on any atom is 0.280 e. The van der Waals surface area contributed by atoms with Crippen molar-refractivity contribution in [2.75, 3.05) is 13.2 Å². The number of aliphatic hydroxyl groups excluding tert-OH is 1. The average molecular weight is 324 g/mol. The van der Waals surface area contributed by atoms with Crippen LogP contribution in [0.2, 0.25) is 0 Å². The van der Waals surface area contributed by atoms with Gasteiger partial charge in [0.1, 0.15) is 5.75 Å². The van der Waals surface area contributed by atoms with E-state index in [0.717, 1.165) is 23.3 Å². The summed E-state index contributed by atoms with van der Waals surface area (Å²) in [5.74, 6) is 0.386. The Morgan fingerprint density at radius 1 is 1.25 bits per heavy atom. The van der Waals surface area contributed by atoms with Crippen molar-refractivity contribution in [2.24, 2.45) is 5.10 Å². The van der Waals surface area contributed by atoms with Gasteiger partial charge in [0, 0.05) is 6.42 Å². The Labute approximate surface area is 141 Å². The Bertz CT molecular complexity index is 741. The van der Waals surface area contributed by atoms with Crippen molar-refractivity contribution < 1.29 is 14.6 Å². The number of rotatable bonds is 5. The molecule has 2 aromatic carbocycles. The Hall–Kier alpha value is -2.66. The predicted molar refractivity (Wildman–Crippen MR) is 91.9 cm³/mol. The first-order valence-electron chi connectivity index (χ1n) is 7.97. The van der Waals surface area contributed by atoms with E-state index in [1.165, 1.54) is 5.01 Å². The molecule has 1 aliphatic rings. The molecule has 1 heterocycles. The minimum atomic E-state index is -0.569. The van der Waals surface area contributed by atoms with Gasteiger partial charge >= 0.3 is 0 Å². The molecule has 0 spiro atoms. The predicted octanol–water partition coefficient (Wildman–Crippen LogP) is 2.76. The minimum absolute atomic E-state index is 0.0746. The molecular formula is C19H20N2O3. The first-order valence-corrected chi connectivity index (χ1v) is 7.97. The van der Waals surface area contributed by atoms with Gasteiger partial charge in [-0.05, 0) is 30.2 Å². The molecule has 0 bridgehead atoms. The Kier molecular flexibility index (Phi) is 4.91. The van der Waals surface area contributed by atoms with Gasteiger partial charge < -0.3 is 9.84 Å². The van der Waals surface area contributed by atoms with Gasteiger partial charge in [-0.3, -0.25) is 4.79 Å². The first-order chi connectivity index (χ1) is 11.6. The van der Waals surface area contributed by atoms with Gasteiger partial charge in [0.2, 0.25) is 0 Å². The van der Waals surface area contributed by atoms with Crippen molar-refractivity contribution in [3.63, 3.8) is 0 Å². The van der Waals surface area contributed by atoms with Crippen LogP contribution in [0.1, 0.15) is 30.6 Å². The van der Waals surface area contributed by atoms with Crippen LogP contribution in [0.5, 0.6) is 5.75 Å². The van der Waals surface area contributed by atoms with Gasteiger partial charge in [0.05, 0.1) is 18.4 Å². The number of carbonyl (C=O) groups is 1. The van der Waals surface area contributed by atoms with E-state index >= 15 is 0 Å². The third-order valence-corrected chi connectivity index (χ3v) is 3.90. The van der Waals surface area contributed by atoms with Crippen LogP contribution in [0, 0.1) is 0 Å². The zero-order valence-electron chi connectivity index (χ0n) is 13.6. The number of hydrogen-bond donors (Lipinski definition) is 1. The molecule has 0 aromatic heterocycles. The number of carbonyl (C=O) groups excluding carboxylic acids is 1. The minimum Gasteiger partial charge on any atom is -0.484 e. The standard InChI is InChI=1S/C19H20N2O3/c1-14(22)16-8-5-9-17(12-16)24-13-19(23)21-11-10-18(20-21)15-6-3-2-4-7-15/h2-9,12,14,22H,10-11,13H2,1H3. The van der Waals surface area contributed by atoms with Crippen LogP contribution >= 0.6 is 0 Å². The maximum atomic E-state index is 12.3. The molecule has 0 saturated heterocycles. The van der Waals surface area contributed by atoms with E-state index in [1.54, 1.807) is 25.1 Å². The number of hydrazone groups is 1. The SMILES string of the molecule is CC(O)c1cccc(OCC(=O)N2CCC(c3ccccc3)=N2)c1. The molecule has 124 valence electrons. The Balaban J connectivity index is 1.60. The van der Waals surface area contributed by atoms with Gasteiger partial charge in [0.25, 0.3) is 5.91 Å². The quantitative estimate of drug-likeness (QED) is 0.920. The largest absolute Gasteiger partial charge is 0.484 e. The number of amides is 1. The van der Waals surface area contributed by atoms with Gasteiger partial charge in [-0.2, -0.15) is 5.10 Å². The number of aliphatic hydroxyl groups is 1. The van der Waals surface area contributed by atoms with E-state index in [0.29, 0.717) is 12.3 Å². The molecule has 5 nitrogen and oxygen atoms in total. The zero-order valence-corrected chi connectivity index (χ0v) is 13.6. The molecule has 3 rings (SSSR count). The van der Waals surface area contributed by atoms with Crippen LogP contribution in [0.4, 0.5) is 0 Å². The second kappa shape index (κ2) is 7.27. The average Bonchev–Trinajstić information content (AvgIpc) is 3.11. The zero-order chi connectivity index (χ0) is 16.9. The fourth-order valence-corrected chi connectivity index (χ4v) is 2.55. The fraction of sp³-hybridized carbons (Fsp3) is 0.263. The highest BCUT2D eigenvalue weighted by molar-refractivity contribution is 6.02. The van der Waals surface area contributed by atoms with Gasteiger partial charge in [-0.15, -0.1) is 0 Å². The normalized spacial score (nSPS) is 15.1. The number of benzene rings is 2. The Morgan fingerprint density at radius 3 is 2.79 bits per heavy atom. The summed E-state index contributed by atoms with van der Waals surface area (Å²) in [7, 11) is 0. The summed E-state index contributed by atoms with van der Waals surface area (Å²) in [5, 5.41) is 15.4. The van der Waals surface area contributed by atoms with Crippen LogP contribution in [0.15, 0.2) is 59.7 Å². The van der Waals surface area contributed by atoms with Crippen LogP contribution in [0.25, 0.3) is 0 Å². The van der Waals surface area contributed by atoms with Gasteiger partial charge in [-0.1, -0.05) is 42.5 Å². The monoisotopic (exact) mass is 324 g/mol. The summed E-state index contributed by atoms with van der Waals surface area (Å²) < 4.78 is 5.54. The fourth-order valence-electron chi connectivity index (χ4n) is 2.55. The van der Waals surface area contributed by atoms with E-state index in [-0.39, 0.29) is 12.5 Å². The molecule has 1 unspecified atom stereocenters. The lowest BCUT2D eigenvalue weighted by Gasteiger charge is -2.13. The van der Waals surface area contributed by atoms with Crippen molar-refractivity contribution in [2.45, 2.75) is 19.4 Å². The van der Waals surface area contributed by atoms with Crippen LogP contribution in [-0.4, -0.2) is 34.9 Å². The van der Waals surface area contributed by atoms with E-state index in [2.05, 4.69) is 5.10 Å². The van der Waals surface area contributed by atoms with Crippen LogP contribution in [0.3, 0.4) is 0 Å². The smallest absolute Gasteiger partial charge is 0.280 e. The third-order valence-electron chi connectivity index (χ3n) is 3.90. The highest BCUT2D eigenvalue weighted by Crippen LogP contribution is 2.19. The summed E-state index contributed by atoms with van der Waals surface area (Å²) in [6.45, 7) is 2.18. The van der Waals surface area contributed by atoms with Crippen LogP contribution in [-0.2, 0) is 4.79 Å². The van der Waals surface area contributed by atoms with Crippen molar-refractivity contribution >= 4 is 11.6 Å². The summed E-state index contributed by atoms with van der Waals surface area (Å²) in [5.41, 5.74) is 2.71. The lowest BCUT2D eigenvalue weighted by molar-refractivity contribution is -0.132. The van der Waals surface area contributed by atoms with E-state index in [1.807, 2.05) is 36.4 Å². The molecule has 0 saturated carbocycles. The van der Waals surface area contributed by atoms with Crippen molar-refractivity contribution in [3.8, 4) is 5.75 Å². The topological polar surface area (TPSA) is 62.1 Å². The highest BCUT2D eigenvalue weighted by Gasteiger charge is 2.21. The maximum absolute atomic E-state index is 12.3. The van der Waals surface area contributed by atoms with Crippen molar-refractivity contribution in [3.05, 3.63) is 65.7 Å². The van der Waals surface area contributed by atoms with Crippen molar-refractivity contribution in [1.82, 2.24) is 5.01 Å². The Morgan fingerprint density at radius 2 is 2.04 bits per heavy atom. The van der Waals surface area contributed by atoms with Crippen molar-refractivity contribution in [1.29, 1.82) is 0 Å². The molecule has 1 aliphatic heterocycles. The summed E-state index contributed by atoms with van der Waals surface area (Å²) in [6, 6.07) is 17.0. The molecule has 1 N–H and O–H groups in total. The molecule has 24 heavy (non-hydrogen) atoms. The highest BCUT2D eigenvalue weighted by atomic mass is 16.5. The molecule has 1 atom stereocenters. The summed E-state index contributed by atoms with van der Waals surface area (Å²) >= 11 is 0. The molecular weight excluding hydrogens is 304 g/mol. The lowest BCUT2D eigenvalue weighted by Crippen LogP contribution is -2.28. The van der Waals surface area contributed by atoms with E-state index < -0.39 is 6.10 Å². The molecule has 5 heteroatoms. The molecule has 1 amide bonds. The second-order valence-electron chi connectivity index (χ2n) is 5.72. The van der Waals surface area contributed by atoms with Gasteiger partial charge in [0.15, 0.2) is 6.61 Å². The van der Waals surface area contributed by atoms with E-state index in [4.69, 9.17) is 4.74 Å².